The molecule has 1 heterocycles. The summed E-state index contributed by atoms with van der Waals surface area (Å²) >= 11 is 0. The lowest BCUT2D eigenvalue weighted by molar-refractivity contribution is -0.685. The van der Waals surface area contributed by atoms with Crippen molar-refractivity contribution in [2.45, 2.75) is 33.6 Å². The molecular formula is C10H20N+. The normalized spacial score (nSPS) is 47.7. The standard InChI is InChI=1S/C10H19N/c1-9(2)8-4-5-10(9,3)7-11-6-8/h8,11H,4-7H2,1-3H3/p+1/t8-,10-/m0/s1. The fraction of sp³-hybridized carbons (Fsp3) is 1.00. The van der Waals surface area contributed by atoms with Gasteiger partial charge in [-0.25, -0.2) is 0 Å². The molecule has 1 nitrogen and oxygen atoms in total. The highest BCUT2D eigenvalue weighted by molar-refractivity contribution is 5.01. The molecule has 2 bridgehead atoms. The minimum Gasteiger partial charge on any atom is -0.346 e. The lowest BCUT2D eigenvalue weighted by Crippen LogP contribution is -2.91. The predicted molar refractivity (Wildman–Crippen MR) is 46.3 cm³/mol. The summed E-state index contributed by atoms with van der Waals surface area (Å²) in [6, 6.07) is 0. The Kier molecular flexibility index (Phi) is 1.39. The number of piperidine rings is 1. The van der Waals surface area contributed by atoms with Crippen LogP contribution in [0, 0.1) is 16.7 Å². The first kappa shape index (κ1) is 7.60. The Balaban J connectivity index is 2.33. The Morgan fingerprint density at radius 2 is 2.00 bits per heavy atom. The topological polar surface area (TPSA) is 16.6 Å². The molecule has 0 spiro atoms. The summed E-state index contributed by atoms with van der Waals surface area (Å²) in [4.78, 5) is 0. The van der Waals surface area contributed by atoms with Gasteiger partial charge in [-0.2, -0.15) is 0 Å². The van der Waals surface area contributed by atoms with Crippen LogP contribution in [0.5, 0.6) is 0 Å². The maximum absolute atomic E-state index is 2.52. The zero-order chi connectivity index (χ0) is 8.11. The number of fused-ring (bicyclic) bond motifs is 2. The van der Waals surface area contributed by atoms with Crippen LogP contribution in [0.2, 0.25) is 0 Å². The first-order valence-electron chi connectivity index (χ1n) is 4.88. The summed E-state index contributed by atoms with van der Waals surface area (Å²) in [5.41, 5.74) is 1.25. The smallest absolute Gasteiger partial charge is 0.0815 e. The molecule has 2 atom stereocenters. The molecule has 0 amide bonds. The molecule has 1 saturated carbocycles. The van der Waals surface area contributed by atoms with Crippen LogP contribution in [0.4, 0.5) is 0 Å². The Bertz CT molecular complexity index is 167. The Hall–Kier alpha value is -0.0400. The van der Waals surface area contributed by atoms with Crippen LogP contribution in [0.15, 0.2) is 0 Å². The van der Waals surface area contributed by atoms with Gasteiger partial charge in [0, 0.05) is 11.3 Å². The molecule has 0 aromatic heterocycles. The van der Waals surface area contributed by atoms with Crippen LogP contribution < -0.4 is 5.32 Å². The molecule has 64 valence electrons. The van der Waals surface area contributed by atoms with Gasteiger partial charge in [0.25, 0.3) is 0 Å². The van der Waals surface area contributed by atoms with E-state index in [-0.39, 0.29) is 0 Å². The maximum Gasteiger partial charge on any atom is 0.0815 e. The molecule has 0 aromatic carbocycles. The van der Waals surface area contributed by atoms with E-state index in [1.807, 2.05) is 0 Å². The molecule has 0 unspecified atom stereocenters. The van der Waals surface area contributed by atoms with Crippen molar-refractivity contribution in [2.75, 3.05) is 13.1 Å². The lowest BCUT2D eigenvalue weighted by Gasteiger charge is -2.43. The van der Waals surface area contributed by atoms with Crippen LogP contribution in [0.25, 0.3) is 0 Å². The predicted octanol–water partition coefficient (Wildman–Crippen LogP) is 1.01. The van der Waals surface area contributed by atoms with E-state index in [0.717, 1.165) is 5.92 Å². The van der Waals surface area contributed by atoms with Gasteiger partial charge in [-0.1, -0.05) is 20.8 Å². The summed E-state index contributed by atoms with van der Waals surface area (Å²) in [5.74, 6) is 0.987. The Morgan fingerprint density at radius 3 is 2.55 bits per heavy atom. The van der Waals surface area contributed by atoms with Gasteiger partial charge in [-0.15, -0.1) is 0 Å². The van der Waals surface area contributed by atoms with Crippen LogP contribution >= 0.6 is 0 Å². The van der Waals surface area contributed by atoms with Crippen molar-refractivity contribution in [1.29, 1.82) is 0 Å². The monoisotopic (exact) mass is 154 g/mol. The first-order chi connectivity index (χ1) is 5.06. The van der Waals surface area contributed by atoms with Crippen LogP contribution in [-0.2, 0) is 0 Å². The maximum atomic E-state index is 2.52. The minimum atomic E-state index is 0.613. The van der Waals surface area contributed by atoms with Crippen molar-refractivity contribution in [2.24, 2.45) is 16.7 Å². The SMILES string of the molecule is CC1(C)[C@H]2CC[C@@]1(C)C[NH2+]C2. The molecule has 2 fully saturated rings. The number of nitrogens with two attached hydrogens (primary N) is 1. The van der Waals surface area contributed by atoms with Gasteiger partial charge in [0.15, 0.2) is 0 Å². The third kappa shape index (κ3) is 0.807. The number of hydrogen-bond donors (Lipinski definition) is 1. The highest BCUT2D eigenvalue weighted by Gasteiger charge is 2.55. The van der Waals surface area contributed by atoms with E-state index in [2.05, 4.69) is 26.1 Å². The van der Waals surface area contributed by atoms with E-state index < -0.39 is 0 Å². The van der Waals surface area contributed by atoms with Crippen molar-refractivity contribution in [3.63, 3.8) is 0 Å². The molecule has 1 aliphatic heterocycles. The minimum absolute atomic E-state index is 0.613. The molecule has 2 aliphatic rings. The second kappa shape index (κ2) is 2.01. The van der Waals surface area contributed by atoms with Crippen molar-refractivity contribution < 1.29 is 5.32 Å². The van der Waals surface area contributed by atoms with Gasteiger partial charge in [-0.05, 0) is 18.3 Å². The molecule has 1 saturated heterocycles. The molecular weight excluding hydrogens is 134 g/mol. The van der Waals surface area contributed by atoms with Gasteiger partial charge in [0.2, 0.25) is 0 Å². The average Bonchev–Trinajstić information content (AvgIpc) is 2.17. The fourth-order valence-electron chi connectivity index (χ4n) is 3.05. The Morgan fingerprint density at radius 1 is 1.27 bits per heavy atom. The first-order valence-corrected chi connectivity index (χ1v) is 4.88. The second-order valence-electron chi connectivity index (χ2n) is 5.25. The quantitative estimate of drug-likeness (QED) is 0.536. The van der Waals surface area contributed by atoms with E-state index in [1.165, 1.54) is 25.9 Å². The van der Waals surface area contributed by atoms with Crippen molar-refractivity contribution >= 4 is 0 Å². The second-order valence-corrected chi connectivity index (χ2v) is 5.25. The van der Waals surface area contributed by atoms with Crippen molar-refractivity contribution in [3.8, 4) is 0 Å². The number of quaternary nitrogens is 1. The van der Waals surface area contributed by atoms with Gasteiger partial charge >= 0.3 is 0 Å². The van der Waals surface area contributed by atoms with E-state index in [1.54, 1.807) is 0 Å². The van der Waals surface area contributed by atoms with Crippen molar-refractivity contribution in [3.05, 3.63) is 0 Å². The summed E-state index contributed by atoms with van der Waals surface area (Å²) in [7, 11) is 0. The molecule has 2 rings (SSSR count). The highest BCUT2D eigenvalue weighted by Crippen LogP contribution is 2.55. The third-order valence-electron chi connectivity index (χ3n) is 4.67. The number of rotatable bonds is 0. The summed E-state index contributed by atoms with van der Waals surface area (Å²) in [6.07, 6.45) is 2.93. The van der Waals surface area contributed by atoms with Gasteiger partial charge in [0.1, 0.15) is 0 Å². The van der Waals surface area contributed by atoms with Crippen LogP contribution in [-0.4, -0.2) is 13.1 Å². The summed E-state index contributed by atoms with van der Waals surface area (Å²) < 4.78 is 0. The van der Waals surface area contributed by atoms with Gasteiger partial charge < -0.3 is 5.32 Å². The average molecular weight is 154 g/mol. The van der Waals surface area contributed by atoms with Gasteiger partial charge in [0.05, 0.1) is 13.1 Å². The number of hydrogen-bond acceptors (Lipinski definition) is 0. The van der Waals surface area contributed by atoms with Crippen LogP contribution in [0.3, 0.4) is 0 Å². The van der Waals surface area contributed by atoms with Crippen LogP contribution in [0.1, 0.15) is 33.6 Å². The van der Waals surface area contributed by atoms with Gasteiger partial charge in [-0.3, -0.25) is 0 Å². The fourth-order valence-corrected chi connectivity index (χ4v) is 3.05. The lowest BCUT2D eigenvalue weighted by atomic mass is 9.64. The molecule has 0 radical (unpaired) electrons. The molecule has 2 N–H and O–H groups in total. The summed E-state index contributed by atoms with van der Waals surface area (Å²) in [6.45, 7) is 10.1. The zero-order valence-corrected chi connectivity index (χ0v) is 7.98. The Labute approximate surface area is 69.6 Å². The molecule has 1 heteroatoms. The highest BCUT2D eigenvalue weighted by atomic mass is 14.9. The zero-order valence-electron chi connectivity index (χ0n) is 7.98. The van der Waals surface area contributed by atoms with Crippen molar-refractivity contribution in [1.82, 2.24) is 0 Å². The van der Waals surface area contributed by atoms with E-state index in [4.69, 9.17) is 0 Å². The molecule has 11 heavy (non-hydrogen) atoms. The molecule has 0 aromatic rings. The van der Waals surface area contributed by atoms with E-state index >= 15 is 0 Å². The largest absolute Gasteiger partial charge is 0.346 e. The van der Waals surface area contributed by atoms with E-state index in [9.17, 15) is 0 Å². The van der Waals surface area contributed by atoms with E-state index in [0.29, 0.717) is 10.8 Å². The third-order valence-corrected chi connectivity index (χ3v) is 4.67. The molecule has 1 aliphatic carbocycles. The summed E-state index contributed by atoms with van der Waals surface area (Å²) in [5, 5.41) is 2.52.